The zero-order valence-corrected chi connectivity index (χ0v) is 12.6. The smallest absolute Gasteiger partial charge is 0.309 e. The Hall–Kier alpha value is -1.40. The van der Waals surface area contributed by atoms with E-state index in [0.717, 1.165) is 11.1 Å². The topological polar surface area (TPSA) is 24.9 Å². The highest BCUT2D eigenvalue weighted by molar-refractivity contribution is 7.09. The van der Waals surface area contributed by atoms with Gasteiger partial charge in [0.05, 0.1) is 10.6 Å². The Morgan fingerprint density at radius 3 is 2.57 bits per heavy atom. The van der Waals surface area contributed by atoms with E-state index in [-0.39, 0.29) is 17.5 Å². The van der Waals surface area contributed by atoms with Crippen LogP contribution in [0.3, 0.4) is 0 Å². The predicted molar refractivity (Wildman–Crippen MR) is 78.4 cm³/mol. The second kappa shape index (κ2) is 6.58. The molecule has 0 fully saturated rings. The van der Waals surface area contributed by atoms with Gasteiger partial charge in [0.15, 0.2) is 0 Å². The lowest BCUT2D eigenvalue weighted by Crippen LogP contribution is -2.25. The maximum atomic E-state index is 13.0. The number of benzene rings is 1. The SMILES string of the molecule is CC(CNC(C)c1ccccc1C(F)(F)F)c1nccs1. The first-order chi connectivity index (χ1) is 9.89. The number of thiazole rings is 1. The molecule has 0 amide bonds. The zero-order valence-electron chi connectivity index (χ0n) is 11.8. The molecule has 0 aliphatic rings. The highest BCUT2D eigenvalue weighted by Crippen LogP contribution is 2.34. The lowest BCUT2D eigenvalue weighted by Gasteiger charge is -2.21. The average Bonchev–Trinajstić information content (AvgIpc) is 2.97. The van der Waals surface area contributed by atoms with Crippen molar-refractivity contribution in [2.45, 2.75) is 32.0 Å². The van der Waals surface area contributed by atoms with Crippen molar-refractivity contribution < 1.29 is 13.2 Å². The Kier molecular flexibility index (Phi) is 5.00. The molecule has 0 radical (unpaired) electrons. The van der Waals surface area contributed by atoms with E-state index >= 15 is 0 Å². The van der Waals surface area contributed by atoms with Gasteiger partial charge in [-0.3, -0.25) is 0 Å². The summed E-state index contributed by atoms with van der Waals surface area (Å²) in [4.78, 5) is 4.22. The Labute approximate surface area is 126 Å². The first kappa shape index (κ1) is 16.0. The molecule has 21 heavy (non-hydrogen) atoms. The summed E-state index contributed by atoms with van der Waals surface area (Å²) < 4.78 is 39.0. The van der Waals surface area contributed by atoms with Gasteiger partial charge >= 0.3 is 6.18 Å². The van der Waals surface area contributed by atoms with Gasteiger partial charge in [0.2, 0.25) is 0 Å². The number of nitrogens with zero attached hydrogens (tertiary/aromatic N) is 1. The summed E-state index contributed by atoms with van der Waals surface area (Å²) in [6.45, 7) is 4.34. The fourth-order valence-corrected chi connectivity index (χ4v) is 2.86. The number of nitrogens with one attached hydrogen (secondary N) is 1. The Balaban J connectivity index is 2.06. The largest absolute Gasteiger partial charge is 0.416 e. The Morgan fingerprint density at radius 2 is 1.95 bits per heavy atom. The summed E-state index contributed by atoms with van der Waals surface area (Å²) in [6.07, 6.45) is -2.59. The Morgan fingerprint density at radius 1 is 1.24 bits per heavy atom. The highest BCUT2D eigenvalue weighted by atomic mass is 32.1. The summed E-state index contributed by atoms with van der Waals surface area (Å²) >= 11 is 1.55. The molecule has 2 nitrogen and oxygen atoms in total. The molecular weight excluding hydrogens is 297 g/mol. The van der Waals surface area contributed by atoms with E-state index in [1.165, 1.54) is 12.1 Å². The molecule has 2 rings (SSSR count). The molecule has 2 aromatic rings. The fraction of sp³-hybridized carbons (Fsp3) is 0.400. The van der Waals surface area contributed by atoms with Crippen LogP contribution in [0.15, 0.2) is 35.8 Å². The molecule has 2 unspecified atom stereocenters. The molecule has 0 aliphatic carbocycles. The van der Waals surface area contributed by atoms with Gasteiger partial charge in [0, 0.05) is 30.1 Å². The van der Waals surface area contributed by atoms with Gasteiger partial charge in [-0.2, -0.15) is 13.2 Å². The van der Waals surface area contributed by atoms with Crippen molar-refractivity contribution in [3.63, 3.8) is 0 Å². The normalized spacial score (nSPS) is 14.9. The number of rotatable bonds is 5. The molecule has 2 atom stereocenters. The average molecular weight is 314 g/mol. The van der Waals surface area contributed by atoms with Crippen molar-refractivity contribution in [3.8, 4) is 0 Å². The van der Waals surface area contributed by atoms with E-state index in [1.54, 1.807) is 30.5 Å². The van der Waals surface area contributed by atoms with E-state index in [1.807, 2.05) is 12.3 Å². The molecule has 1 aromatic heterocycles. The maximum absolute atomic E-state index is 13.0. The van der Waals surface area contributed by atoms with Gasteiger partial charge in [0.1, 0.15) is 0 Å². The summed E-state index contributed by atoms with van der Waals surface area (Å²) in [5, 5.41) is 6.05. The van der Waals surface area contributed by atoms with Crippen LogP contribution in [0.5, 0.6) is 0 Å². The number of hydrogen-bond donors (Lipinski definition) is 1. The monoisotopic (exact) mass is 314 g/mol. The van der Waals surface area contributed by atoms with Crippen LogP contribution in [0.1, 0.15) is 41.9 Å². The van der Waals surface area contributed by atoms with Crippen molar-refractivity contribution >= 4 is 11.3 Å². The van der Waals surface area contributed by atoms with Crippen molar-refractivity contribution in [1.82, 2.24) is 10.3 Å². The van der Waals surface area contributed by atoms with E-state index in [9.17, 15) is 13.2 Å². The van der Waals surface area contributed by atoms with Gasteiger partial charge in [-0.1, -0.05) is 25.1 Å². The van der Waals surface area contributed by atoms with E-state index < -0.39 is 11.7 Å². The van der Waals surface area contributed by atoms with E-state index in [2.05, 4.69) is 10.3 Å². The van der Waals surface area contributed by atoms with Crippen LogP contribution in [-0.4, -0.2) is 11.5 Å². The molecule has 0 bridgehead atoms. The van der Waals surface area contributed by atoms with Gasteiger partial charge in [-0.25, -0.2) is 4.98 Å². The molecule has 6 heteroatoms. The van der Waals surface area contributed by atoms with Crippen LogP contribution < -0.4 is 5.32 Å². The summed E-state index contributed by atoms with van der Waals surface area (Å²) in [5.74, 6) is 0.172. The van der Waals surface area contributed by atoms with Crippen LogP contribution in [0.25, 0.3) is 0 Å². The highest BCUT2D eigenvalue weighted by Gasteiger charge is 2.34. The molecule has 1 heterocycles. The minimum Gasteiger partial charge on any atom is -0.309 e. The van der Waals surface area contributed by atoms with Crippen molar-refractivity contribution in [1.29, 1.82) is 0 Å². The lowest BCUT2D eigenvalue weighted by atomic mass is 10.0. The third kappa shape index (κ3) is 4.04. The Bertz CT molecular complexity index is 567. The molecule has 0 spiro atoms. The zero-order chi connectivity index (χ0) is 15.5. The van der Waals surface area contributed by atoms with Crippen molar-refractivity contribution in [3.05, 3.63) is 52.0 Å². The standard InChI is InChI=1S/C15H17F3N2S/c1-10(14-19-7-8-21-14)9-20-11(2)12-5-3-4-6-13(12)15(16,17)18/h3-8,10-11,20H,9H2,1-2H3. The minimum atomic E-state index is -4.33. The molecule has 114 valence electrons. The first-order valence-corrected chi connectivity index (χ1v) is 7.56. The second-order valence-electron chi connectivity index (χ2n) is 4.99. The number of halogens is 3. The molecule has 1 aromatic carbocycles. The summed E-state index contributed by atoms with van der Waals surface area (Å²) in [7, 11) is 0. The third-order valence-electron chi connectivity index (χ3n) is 3.34. The van der Waals surface area contributed by atoms with Crippen LogP contribution >= 0.6 is 11.3 Å². The molecule has 0 saturated heterocycles. The second-order valence-corrected chi connectivity index (χ2v) is 5.91. The summed E-state index contributed by atoms with van der Waals surface area (Å²) in [6, 6.07) is 5.32. The molecule has 0 saturated carbocycles. The van der Waals surface area contributed by atoms with Gasteiger partial charge < -0.3 is 5.32 Å². The predicted octanol–water partition coefficient (Wildman–Crippen LogP) is 4.62. The molecule has 1 N–H and O–H groups in total. The van der Waals surface area contributed by atoms with Gasteiger partial charge in [-0.15, -0.1) is 11.3 Å². The quantitative estimate of drug-likeness (QED) is 0.871. The third-order valence-corrected chi connectivity index (χ3v) is 4.34. The first-order valence-electron chi connectivity index (χ1n) is 6.68. The van der Waals surface area contributed by atoms with E-state index in [0.29, 0.717) is 6.54 Å². The van der Waals surface area contributed by atoms with Gasteiger partial charge in [0.25, 0.3) is 0 Å². The summed E-state index contributed by atoms with van der Waals surface area (Å²) in [5.41, 5.74) is -0.303. The van der Waals surface area contributed by atoms with Gasteiger partial charge in [-0.05, 0) is 18.6 Å². The van der Waals surface area contributed by atoms with Crippen LogP contribution in [-0.2, 0) is 6.18 Å². The lowest BCUT2D eigenvalue weighted by molar-refractivity contribution is -0.138. The molecular formula is C15H17F3N2S. The van der Waals surface area contributed by atoms with Crippen LogP contribution in [0.4, 0.5) is 13.2 Å². The van der Waals surface area contributed by atoms with Crippen LogP contribution in [0.2, 0.25) is 0 Å². The number of aromatic nitrogens is 1. The number of alkyl halides is 3. The molecule has 0 aliphatic heterocycles. The fourth-order valence-electron chi connectivity index (χ4n) is 2.16. The maximum Gasteiger partial charge on any atom is 0.416 e. The van der Waals surface area contributed by atoms with Crippen molar-refractivity contribution in [2.75, 3.05) is 6.54 Å². The van der Waals surface area contributed by atoms with E-state index in [4.69, 9.17) is 0 Å². The van der Waals surface area contributed by atoms with Crippen LogP contribution in [0, 0.1) is 0 Å². The van der Waals surface area contributed by atoms with Crippen molar-refractivity contribution in [2.24, 2.45) is 0 Å². The minimum absolute atomic E-state index is 0.172. The number of hydrogen-bond acceptors (Lipinski definition) is 3.